The molecule has 0 fully saturated rings. The molecule has 0 aromatic rings. The van der Waals surface area contributed by atoms with Crippen LogP contribution in [0.3, 0.4) is 0 Å². The average Bonchev–Trinajstić information content (AvgIpc) is 3.05. The maximum atomic E-state index is 12.2. The maximum Gasteiger partial charge on any atom is 0.306 e. The van der Waals surface area contributed by atoms with Gasteiger partial charge in [0.25, 0.3) is 0 Å². The van der Waals surface area contributed by atoms with E-state index in [-0.39, 0.29) is 12.6 Å². The summed E-state index contributed by atoms with van der Waals surface area (Å²) >= 11 is 0. The van der Waals surface area contributed by atoms with E-state index in [1.165, 1.54) is 167 Å². The van der Waals surface area contributed by atoms with Gasteiger partial charge in [-0.1, -0.05) is 160 Å². The summed E-state index contributed by atoms with van der Waals surface area (Å²) in [6.07, 6.45) is 46.5. The summed E-state index contributed by atoms with van der Waals surface area (Å²) in [7, 11) is 0. The number of carbonyl (C=O) groups excluding carboxylic acids is 1. The van der Waals surface area contributed by atoms with Gasteiger partial charge in [-0.3, -0.25) is 4.79 Å². The zero-order valence-corrected chi connectivity index (χ0v) is 30.4. The Hall–Kier alpha value is -1.13. The average molecular weight is 635 g/mol. The predicted octanol–water partition coefficient (Wildman–Crippen LogP) is 12.8. The fourth-order valence-corrected chi connectivity index (χ4v) is 5.73. The molecule has 0 amide bonds. The van der Waals surface area contributed by atoms with E-state index >= 15 is 0 Å². The van der Waals surface area contributed by atoms with Crippen molar-refractivity contribution in [3.8, 4) is 0 Å². The second-order valence-electron chi connectivity index (χ2n) is 13.3. The Kier molecular flexibility index (Phi) is 38.1. The van der Waals surface area contributed by atoms with Gasteiger partial charge in [0.05, 0.1) is 13.2 Å². The molecule has 0 rings (SSSR count). The third kappa shape index (κ3) is 37.2. The number of hydrogen-bond donors (Lipinski definition) is 1. The number of unbranched alkanes of at least 4 members (excludes halogenated alkanes) is 25. The third-order valence-corrected chi connectivity index (χ3v) is 8.75. The minimum absolute atomic E-state index is 0.173. The highest BCUT2D eigenvalue weighted by Gasteiger charge is 2.13. The van der Waals surface area contributed by atoms with Crippen LogP contribution in [-0.4, -0.2) is 37.0 Å². The summed E-state index contributed by atoms with van der Waals surface area (Å²) < 4.78 is 11.1. The molecule has 266 valence electrons. The van der Waals surface area contributed by atoms with E-state index in [4.69, 9.17) is 9.47 Å². The van der Waals surface area contributed by atoms with Crippen molar-refractivity contribution in [3.63, 3.8) is 0 Å². The second kappa shape index (κ2) is 39.1. The standard InChI is InChI=1S/C41H78O4/c1-3-5-7-9-11-13-15-17-19-21-22-24-26-28-30-32-34-36-41(43)45-40(38-42)39-44-37-35-33-31-29-27-25-23-20-18-16-14-12-10-8-6-4-2/h17-20,40,42H,3-16,21-39H2,1-2H3/b19-17-,20-18-. The first-order valence-corrected chi connectivity index (χ1v) is 19.9. The number of rotatable bonds is 37. The first kappa shape index (κ1) is 43.9. The third-order valence-electron chi connectivity index (χ3n) is 8.75. The molecule has 0 spiro atoms. The number of ether oxygens (including phenoxy) is 2. The zero-order valence-electron chi connectivity index (χ0n) is 30.4. The van der Waals surface area contributed by atoms with Crippen LogP contribution in [0, 0.1) is 0 Å². The van der Waals surface area contributed by atoms with Gasteiger partial charge in [0.15, 0.2) is 0 Å². The van der Waals surface area contributed by atoms with E-state index in [1.807, 2.05) is 0 Å². The van der Waals surface area contributed by atoms with Gasteiger partial charge in [-0.25, -0.2) is 0 Å². The number of aliphatic hydroxyl groups excluding tert-OH is 1. The van der Waals surface area contributed by atoms with E-state index in [0.717, 1.165) is 19.3 Å². The molecular weight excluding hydrogens is 556 g/mol. The van der Waals surface area contributed by atoms with Gasteiger partial charge >= 0.3 is 5.97 Å². The van der Waals surface area contributed by atoms with Crippen molar-refractivity contribution < 1.29 is 19.4 Å². The highest BCUT2D eigenvalue weighted by atomic mass is 16.6. The number of hydrogen-bond acceptors (Lipinski definition) is 4. The highest BCUT2D eigenvalue weighted by Crippen LogP contribution is 2.13. The Morgan fingerprint density at radius 1 is 0.511 bits per heavy atom. The number of allylic oxidation sites excluding steroid dienone is 4. The summed E-state index contributed by atoms with van der Waals surface area (Å²) in [5.74, 6) is -0.206. The Bertz CT molecular complexity index is 629. The molecular formula is C41H78O4. The normalized spacial score (nSPS) is 12.5. The van der Waals surface area contributed by atoms with Crippen molar-refractivity contribution >= 4 is 5.97 Å². The van der Waals surface area contributed by atoms with Crippen molar-refractivity contribution in [3.05, 3.63) is 24.3 Å². The van der Waals surface area contributed by atoms with Crippen molar-refractivity contribution in [1.82, 2.24) is 0 Å². The summed E-state index contributed by atoms with van der Waals surface area (Å²) in [6, 6.07) is 0. The molecule has 1 atom stereocenters. The highest BCUT2D eigenvalue weighted by molar-refractivity contribution is 5.69. The van der Waals surface area contributed by atoms with E-state index in [0.29, 0.717) is 19.6 Å². The molecule has 4 heteroatoms. The molecule has 1 unspecified atom stereocenters. The van der Waals surface area contributed by atoms with E-state index in [2.05, 4.69) is 38.2 Å². The molecule has 0 aliphatic heterocycles. The number of carbonyl (C=O) groups is 1. The van der Waals surface area contributed by atoms with Gasteiger partial charge in [-0.15, -0.1) is 0 Å². The molecule has 0 aliphatic rings. The molecule has 0 radical (unpaired) electrons. The summed E-state index contributed by atoms with van der Waals surface area (Å²) in [6.45, 7) is 5.34. The quantitative estimate of drug-likeness (QED) is 0.0420. The summed E-state index contributed by atoms with van der Waals surface area (Å²) in [5, 5.41) is 9.57. The zero-order chi connectivity index (χ0) is 32.7. The van der Waals surface area contributed by atoms with Crippen LogP contribution >= 0.6 is 0 Å². The van der Waals surface area contributed by atoms with E-state index in [1.54, 1.807) is 0 Å². The van der Waals surface area contributed by atoms with Crippen molar-refractivity contribution in [2.75, 3.05) is 19.8 Å². The van der Waals surface area contributed by atoms with E-state index in [9.17, 15) is 9.90 Å². The van der Waals surface area contributed by atoms with Crippen LogP contribution in [0.1, 0.15) is 206 Å². The summed E-state index contributed by atoms with van der Waals surface area (Å²) in [4.78, 5) is 12.2. The Labute approximate surface area is 281 Å². The van der Waals surface area contributed by atoms with Crippen molar-refractivity contribution in [1.29, 1.82) is 0 Å². The molecule has 0 aromatic heterocycles. The molecule has 45 heavy (non-hydrogen) atoms. The maximum absolute atomic E-state index is 12.2. The summed E-state index contributed by atoms with van der Waals surface area (Å²) in [5.41, 5.74) is 0. The van der Waals surface area contributed by atoms with Crippen molar-refractivity contribution in [2.24, 2.45) is 0 Å². The van der Waals surface area contributed by atoms with Gasteiger partial charge in [0, 0.05) is 13.0 Å². The van der Waals surface area contributed by atoms with Crippen molar-refractivity contribution in [2.45, 2.75) is 213 Å². The molecule has 0 saturated heterocycles. The largest absolute Gasteiger partial charge is 0.457 e. The first-order chi connectivity index (χ1) is 22.2. The molecule has 4 nitrogen and oxygen atoms in total. The van der Waals surface area contributed by atoms with Crippen LogP contribution in [0.5, 0.6) is 0 Å². The van der Waals surface area contributed by atoms with Crippen LogP contribution in [-0.2, 0) is 14.3 Å². The van der Waals surface area contributed by atoms with Crippen LogP contribution in [0.4, 0.5) is 0 Å². The molecule has 0 aromatic carbocycles. The SMILES string of the molecule is CCCCCCCC/C=C\CCCCCCCCCC(=O)OC(CO)COCCCCCCCC/C=C\CCCCCCCC. The molecule has 0 heterocycles. The Morgan fingerprint density at radius 3 is 1.27 bits per heavy atom. The number of aliphatic hydroxyl groups is 1. The van der Waals surface area contributed by atoms with Gasteiger partial charge in [-0.2, -0.15) is 0 Å². The molecule has 1 N–H and O–H groups in total. The lowest BCUT2D eigenvalue weighted by Crippen LogP contribution is -2.27. The topological polar surface area (TPSA) is 55.8 Å². The van der Waals surface area contributed by atoms with Gasteiger partial charge in [-0.05, 0) is 64.2 Å². The molecule has 0 bridgehead atoms. The minimum atomic E-state index is -0.536. The first-order valence-electron chi connectivity index (χ1n) is 19.9. The predicted molar refractivity (Wildman–Crippen MR) is 196 cm³/mol. The lowest BCUT2D eigenvalue weighted by Gasteiger charge is -2.15. The second-order valence-corrected chi connectivity index (χ2v) is 13.3. The van der Waals surface area contributed by atoms with Crippen LogP contribution in [0.15, 0.2) is 24.3 Å². The van der Waals surface area contributed by atoms with Gasteiger partial charge in [0.1, 0.15) is 6.10 Å². The van der Waals surface area contributed by atoms with Crippen LogP contribution < -0.4 is 0 Å². The monoisotopic (exact) mass is 635 g/mol. The van der Waals surface area contributed by atoms with Crippen LogP contribution in [0.25, 0.3) is 0 Å². The van der Waals surface area contributed by atoms with Gasteiger partial charge in [0.2, 0.25) is 0 Å². The van der Waals surface area contributed by atoms with Gasteiger partial charge < -0.3 is 14.6 Å². The Balaban J connectivity index is 3.43. The molecule has 0 saturated carbocycles. The Morgan fingerprint density at radius 2 is 0.867 bits per heavy atom. The van der Waals surface area contributed by atoms with Crippen LogP contribution in [0.2, 0.25) is 0 Å². The molecule has 0 aliphatic carbocycles. The number of esters is 1. The van der Waals surface area contributed by atoms with E-state index < -0.39 is 6.10 Å². The lowest BCUT2D eigenvalue weighted by molar-refractivity contribution is -0.154. The fraction of sp³-hybridized carbons (Fsp3) is 0.878. The minimum Gasteiger partial charge on any atom is -0.457 e. The lowest BCUT2D eigenvalue weighted by atomic mass is 10.1. The fourth-order valence-electron chi connectivity index (χ4n) is 5.73. The smallest absolute Gasteiger partial charge is 0.306 e.